The van der Waals surface area contributed by atoms with Crippen LogP contribution < -0.4 is 0 Å². The van der Waals surface area contributed by atoms with E-state index in [0.717, 1.165) is 43.8 Å². The summed E-state index contributed by atoms with van der Waals surface area (Å²) in [5, 5.41) is 0.608. The molecule has 0 aliphatic carbocycles. The van der Waals surface area contributed by atoms with E-state index in [1.54, 1.807) is 6.20 Å². The first-order chi connectivity index (χ1) is 8.72. The summed E-state index contributed by atoms with van der Waals surface area (Å²) in [6, 6.07) is 1.84. The van der Waals surface area contributed by atoms with Crippen molar-refractivity contribution in [3.05, 3.63) is 22.1 Å². The largest absolute Gasteiger partial charge is 0.381 e. The van der Waals surface area contributed by atoms with Crippen LogP contribution in [-0.2, 0) is 11.3 Å². The Morgan fingerprint density at radius 3 is 3.11 bits per heavy atom. The second-order valence-electron chi connectivity index (χ2n) is 4.07. The van der Waals surface area contributed by atoms with Crippen molar-refractivity contribution in [1.82, 2.24) is 14.5 Å². The summed E-state index contributed by atoms with van der Waals surface area (Å²) in [6.45, 7) is 4.46. The van der Waals surface area contributed by atoms with Crippen molar-refractivity contribution in [3.8, 4) is 0 Å². The molecule has 6 heteroatoms. The molecular weight excluding hydrogens is 270 g/mol. The van der Waals surface area contributed by atoms with Gasteiger partial charge in [0.25, 0.3) is 0 Å². The third-order valence-electron chi connectivity index (χ3n) is 2.59. The van der Waals surface area contributed by atoms with Crippen LogP contribution in [0.5, 0.6) is 0 Å². The number of hydrogen-bond acceptors (Lipinski definition) is 3. The molecule has 2 heterocycles. The van der Waals surface area contributed by atoms with E-state index in [9.17, 15) is 0 Å². The van der Waals surface area contributed by atoms with Crippen LogP contribution in [0.4, 0.5) is 0 Å². The molecule has 0 aliphatic rings. The van der Waals surface area contributed by atoms with Crippen LogP contribution in [0.15, 0.2) is 12.3 Å². The fourth-order valence-electron chi connectivity index (χ4n) is 1.80. The van der Waals surface area contributed by atoms with Crippen molar-refractivity contribution in [2.24, 2.45) is 0 Å². The lowest BCUT2D eigenvalue weighted by molar-refractivity contribution is 0.129. The fraction of sp³-hybridized carbons (Fsp3) is 0.500. The third kappa shape index (κ3) is 3.10. The number of halogens is 1. The third-order valence-corrected chi connectivity index (χ3v) is 3.12. The minimum absolute atomic E-state index is 0.608. The summed E-state index contributed by atoms with van der Waals surface area (Å²) >= 11 is 11.2. The van der Waals surface area contributed by atoms with Crippen LogP contribution in [0.3, 0.4) is 0 Å². The fourth-order valence-corrected chi connectivity index (χ4v) is 2.24. The van der Waals surface area contributed by atoms with Crippen molar-refractivity contribution < 1.29 is 4.74 Å². The summed E-state index contributed by atoms with van der Waals surface area (Å²) in [6.07, 6.45) is 3.61. The molecule has 1 N–H and O–H groups in total. The molecule has 0 bridgehead atoms. The Labute approximate surface area is 116 Å². The number of fused-ring (bicyclic) bond motifs is 1. The van der Waals surface area contributed by atoms with Crippen molar-refractivity contribution in [1.29, 1.82) is 0 Å². The van der Waals surface area contributed by atoms with E-state index in [4.69, 9.17) is 28.6 Å². The normalized spacial score (nSPS) is 11.2. The van der Waals surface area contributed by atoms with Crippen LogP contribution in [0.2, 0.25) is 5.02 Å². The summed E-state index contributed by atoms with van der Waals surface area (Å²) in [5.41, 5.74) is 1.72. The Morgan fingerprint density at radius 2 is 2.33 bits per heavy atom. The van der Waals surface area contributed by atoms with Gasteiger partial charge in [0, 0.05) is 26.0 Å². The minimum Gasteiger partial charge on any atom is -0.381 e. The number of H-pyrrole nitrogens is 1. The molecule has 2 aromatic rings. The Hall–Kier alpha value is -0.910. The molecule has 0 aliphatic heterocycles. The van der Waals surface area contributed by atoms with Crippen LogP contribution in [0.1, 0.15) is 19.8 Å². The highest BCUT2D eigenvalue weighted by molar-refractivity contribution is 7.71. The maximum Gasteiger partial charge on any atom is 0.179 e. The lowest BCUT2D eigenvalue weighted by atomic mass is 10.4. The van der Waals surface area contributed by atoms with E-state index in [1.165, 1.54) is 0 Å². The molecule has 0 saturated heterocycles. The number of imidazole rings is 1. The Balaban J connectivity index is 2.08. The Kier molecular flexibility index (Phi) is 4.74. The number of pyridine rings is 1. The number of nitrogens with zero attached hydrogens (tertiary/aromatic N) is 2. The molecule has 4 nitrogen and oxygen atoms in total. The van der Waals surface area contributed by atoms with Gasteiger partial charge in [0.05, 0.1) is 10.5 Å². The SMILES string of the molecule is CCCOCCCn1c(=S)[nH]c2cc(Cl)cnc21. The highest BCUT2D eigenvalue weighted by Gasteiger charge is 2.05. The quantitative estimate of drug-likeness (QED) is 0.652. The zero-order valence-electron chi connectivity index (χ0n) is 10.3. The predicted molar refractivity (Wildman–Crippen MR) is 75.7 cm³/mol. The Bertz CT molecular complexity index is 578. The minimum atomic E-state index is 0.608. The smallest absolute Gasteiger partial charge is 0.179 e. The average Bonchev–Trinajstić information content (AvgIpc) is 2.64. The van der Waals surface area contributed by atoms with Crippen LogP contribution >= 0.6 is 23.8 Å². The maximum absolute atomic E-state index is 5.90. The van der Waals surface area contributed by atoms with Crippen molar-refractivity contribution in [2.45, 2.75) is 26.3 Å². The summed E-state index contributed by atoms with van der Waals surface area (Å²) < 4.78 is 8.11. The zero-order chi connectivity index (χ0) is 13.0. The number of hydrogen-bond donors (Lipinski definition) is 1. The van der Waals surface area contributed by atoms with Crippen molar-refractivity contribution >= 4 is 35.0 Å². The second kappa shape index (κ2) is 6.31. The van der Waals surface area contributed by atoms with Gasteiger partial charge in [-0.25, -0.2) is 4.98 Å². The van der Waals surface area contributed by atoms with Gasteiger partial charge in [-0.15, -0.1) is 0 Å². The molecule has 0 spiro atoms. The molecular formula is C12H16ClN3OS. The first kappa shape index (κ1) is 13.5. The van der Waals surface area contributed by atoms with E-state index in [-0.39, 0.29) is 0 Å². The highest BCUT2D eigenvalue weighted by Crippen LogP contribution is 2.16. The van der Waals surface area contributed by atoms with Gasteiger partial charge in [-0.1, -0.05) is 18.5 Å². The van der Waals surface area contributed by atoms with Crippen LogP contribution in [0.25, 0.3) is 11.2 Å². The van der Waals surface area contributed by atoms with Gasteiger partial charge >= 0.3 is 0 Å². The number of aromatic nitrogens is 3. The molecule has 0 radical (unpaired) electrons. The number of aromatic amines is 1. The van der Waals surface area contributed by atoms with Gasteiger partial charge in [-0.2, -0.15) is 0 Å². The number of aryl methyl sites for hydroxylation is 1. The molecule has 2 rings (SSSR count). The predicted octanol–water partition coefficient (Wildman–Crippen LogP) is 3.56. The molecule has 18 heavy (non-hydrogen) atoms. The first-order valence-corrected chi connectivity index (χ1v) is 6.83. The molecule has 0 atom stereocenters. The van der Waals surface area contributed by atoms with Crippen LogP contribution in [0, 0.1) is 4.77 Å². The molecule has 0 aromatic carbocycles. The van der Waals surface area contributed by atoms with E-state index in [2.05, 4.69) is 16.9 Å². The lowest BCUT2D eigenvalue weighted by Crippen LogP contribution is -2.04. The number of nitrogens with one attached hydrogen (secondary N) is 1. The topological polar surface area (TPSA) is 42.8 Å². The molecule has 98 valence electrons. The van der Waals surface area contributed by atoms with E-state index < -0.39 is 0 Å². The maximum atomic E-state index is 5.90. The number of rotatable bonds is 6. The number of ether oxygens (including phenoxy) is 1. The molecule has 0 saturated carbocycles. The van der Waals surface area contributed by atoms with Gasteiger partial charge in [-0.05, 0) is 31.1 Å². The van der Waals surface area contributed by atoms with Crippen LogP contribution in [-0.4, -0.2) is 27.7 Å². The standard InChI is InChI=1S/C12H16ClN3OS/c1-2-5-17-6-3-4-16-11-10(15-12(16)18)7-9(13)8-14-11/h7-8H,2-6H2,1H3,(H,15,18). The molecule has 0 unspecified atom stereocenters. The van der Waals surface area contributed by atoms with Crippen molar-refractivity contribution in [2.75, 3.05) is 13.2 Å². The lowest BCUT2D eigenvalue weighted by Gasteiger charge is -2.04. The molecule has 0 amide bonds. The van der Waals surface area contributed by atoms with E-state index in [1.807, 2.05) is 10.6 Å². The van der Waals surface area contributed by atoms with E-state index >= 15 is 0 Å². The van der Waals surface area contributed by atoms with Gasteiger partial charge in [0.2, 0.25) is 0 Å². The summed E-state index contributed by atoms with van der Waals surface area (Å²) in [4.78, 5) is 7.42. The molecule has 2 aromatic heterocycles. The highest BCUT2D eigenvalue weighted by atomic mass is 35.5. The van der Waals surface area contributed by atoms with Crippen molar-refractivity contribution in [3.63, 3.8) is 0 Å². The monoisotopic (exact) mass is 285 g/mol. The summed E-state index contributed by atoms with van der Waals surface area (Å²) in [5.74, 6) is 0. The molecule has 0 fully saturated rings. The summed E-state index contributed by atoms with van der Waals surface area (Å²) in [7, 11) is 0. The van der Waals surface area contributed by atoms with E-state index in [0.29, 0.717) is 9.79 Å². The van der Waals surface area contributed by atoms with Gasteiger partial charge in [0.1, 0.15) is 0 Å². The Morgan fingerprint density at radius 1 is 1.50 bits per heavy atom. The van der Waals surface area contributed by atoms with Gasteiger partial charge in [0.15, 0.2) is 10.4 Å². The van der Waals surface area contributed by atoms with Gasteiger partial charge in [-0.3, -0.25) is 0 Å². The zero-order valence-corrected chi connectivity index (χ0v) is 11.9. The first-order valence-electron chi connectivity index (χ1n) is 6.04. The van der Waals surface area contributed by atoms with Gasteiger partial charge < -0.3 is 14.3 Å². The second-order valence-corrected chi connectivity index (χ2v) is 4.90. The average molecular weight is 286 g/mol.